The average Bonchev–Trinajstić information content (AvgIpc) is 3.06. The molecule has 0 saturated carbocycles. The molecular formula is C13H20N6OS. The van der Waals surface area contributed by atoms with Crippen LogP contribution in [-0.2, 0) is 17.2 Å². The summed E-state index contributed by atoms with van der Waals surface area (Å²) in [4.78, 5) is 6.90. The molecule has 8 heteroatoms. The maximum atomic E-state index is 5.82. The first kappa shape index (κ1) is 14.4. The van der Waals surface area contributed by atoms with E-state index >= 15 is 0 Å². The van der Waals surface area contributed by atoms with Gasteiger partial charge in [-0.25, -0.2) is 4.98 Å². The van der Waals surface area contributed by atoms with E-state index in [1.807, 2.05) is 11.6 Å². The number of nitrogens with zero attached hydrogens (tertiary/aromatic N) is 6. The highest BCUT2D eigenvalue weighted by Gasteiger charge is 2.28. The van der Waals surface area contributed by atoms with Crippen LogP contribution in [0.2, 0.25) is 0 Å². The lowest BCUT2D eigenvalue weighted by atomic mass is 9.96. The summed E-state index contributed by atoms with van der Waals surface area (Å²) >= 11 is 1.45. The molecule has 2 aromatic rings. The van der Waals surface area contributed by atoms with E-state index in [4.69, 9.17) is 4.74 Å². The number of anilines is 1. The molecule has 7 nitrogen and oxygen atoms in total. The largest absolute Gasteiger partial charge is 0.366 e. The van der Waals surface area contributed by atoms with E-state index in [1.54, 1.807) is 6.33 Å². The van der Waals surface area contributed by atoms with Crippen LogP contribution in [0.4, 0.5) is 5.13 Å². The van der Waals surface area contributed by atoms with Gasteiger partial charge in [0.05, 0.1) is 13.2 Å². The van der Waals surface area contributed by atoms with E-state index in [2.05, 4.69) is 45.2 Å². The Bertz CT molecular complexity index is 616. The summed E-state index contributed by atoms with van der Waals surface area (Å²) in [6, 6.07) is 0. The number of ether oxygens (including phenoxy) is 1. The van der Waals surface area contributed by atoms with Gasteiger partial charge in [0.15, 0.2) is 5.82 Å². The van der Waals surface area contributed by atoms with Gasteiger partial charge in [-0.05, 0) is 0 Å². The summed E-state index contributed by atoms with van der Waals surface area (Å²) in [7, 11) is 1.93. The van der Waals surface area contributed by atoms with Crippen LogP contribution in [0.5, 0.6) is 0 Å². The Morgan fingerprint density at radius 2 is 2.19 bits per heavy atom. The van der Waals surface area contributed by atoms with Gasteiger partial charge in [-0.15, -0.1) is 10.2 Å². The highest BCUT2D eigenvalue weighted by atomic mass is 32.1. The summed E-state index contributed by atoms with van der Waals surface area (Å²) < 4.78 is 12.2. The first-order chi connectivity index (χ1) is 9.95. The summed E-state index contributed by atoms with van der Waals surface area (Å²) in [5.74, 6) is 1.74. The Morgan fingerprint density at radius 1 is 1.38 bits per heavy atom. The van der Waals surface area contributed by atoms with E-state index in [0.29, 0.717) is 6.61 Å². The fourth-order valence-corrected chi connectivity index (χ4v) is 3.10. The summed E-state index contributed by atoms with van der Waals surface area (Å²) in [5.41, 5.74) is -0.0238. The molecule has 0 N–H and O–H groups in total. The van der Waals surface area contributed by atoms with Crippen LogP contribution in [0, 0.1) is 0 Å². The number of hydrogen-bond acceptors (Lipinski definition) is 7. The fourth-order valence-electron chi connectivity index (χ4n) is 2.21. The first-order valence-corrected chi connectivity index (χ1v) is 7.77. The van der Waals surface area contributed by atoms with Crippen molar-refractivity contribution in [3.63, 3.8) is 0 Å². The molecule has 1 atom stereocenters. The van der Waals surface area contributed by atoms with E-state index in [1.165, 1.54) is 11.5 Å². The van der Waals surface area contributed by atoms with Crippen LogP contribution in [0.1, 0.15) is 38.5 Å². The van der Waals surface area contributed by atoms with Crippen LogP contribution in [0.3, 0.4) is 0 Å². The lowest BCUT2D eigenvalue weighted by Gasteiger charge is -2.31. The molecule has 114 valence electrons. The van der Waals surface area contributed by atoms with Gasteiger partial charge in [-0.1, -0.05) is 20.8 Å². The second-order valence-electron chi connectivity index (χ2n) is 6.26. The Hall–Kier alpha value is -1.54. The molecule has 1 aliphatic rings. The monoisotopic (exact) mass is 308 g/mol. The second kappa shape index (κ2) is 5.34. The third-order valence-electron chi connectivity index (χ3n) is 3.46. The minimum atomic E-state index is -0.0757. The van der Waals surface area contributed by atoms with E-state index in [-0.39, 0.29) is 11.5 Å². The van der Waals surface area contributed by atoms with Crippen molar-refractivity contribution >= 4 is 16.7 Å². The van der Waals surface area contributed by atoms with Crippen LogP contribution in [-0.4, -0.2) is 43.8 Å². The quantitative estimate of drug-likeness (QED) is 0.838. The van der Waals surface area contributed by atoms with Crippen molar-refractivity contribution in [3.8, 4) is 0 Å². The van der Waals surface area contributed by atoms with Crippen molar-refractivity contribution in [1.82, 2.24) is 24.1 Å². The maximum Gasteiger partial charge on any atom is 0.205 e. The molecule has 0 aliphatic carbocycles. The smallest absolute Gasteiger partial charge is 0.205 e. The minimum absolute atomic E-state index is 0.0238. The van der Waals surface area contributed by atoms with Crippen molar-refractivity contribution < 1.29 is 4.74 Å². The molecule has 0 amide bonds. The Morgan fingerprint density at radius 3 is 2.81 bits per heavy atom. The lowest BCUT2D eigenvalue weighted by Crippen LogP contribution is -2.39. The van der Waals surface area contributed by atoms with Gasteiger partial charge in [0, 0.05) is 30.5 Å². The molecule has 1 aliphatic heterocycles. The molecular weight excluding hydrogens is 288 g/mol. The zero-order valence-electron chi connectivity index (χ0n) is 12.8. The van der Waals surface area contributed by atoms with Gasteiger partial charge < -0.3 is 14.2 Å². The second-order valence-corrected chi connectivity index (χ2v) is 6.99. The Balaban J connectivity index is 1.77. The summed E-state index contributed by atoms with van der Waals surface area (Å²) in [6.07, 6.45) is 1.62. The minimum Gasteiger partial charge on any atom is -0.366 e. The third-order valence-corrected chi connectivity index (χ3v) is 4.23. The van der Waals surface area contributed by atoms with Crippen LogP contribution < -0.4 is 4.90 Å². The zero-order valence-corrected chi connectivity index (χ0v) is 13.6. The third kappa shape index (κ3) is 2.91. The van der Waals surface area contributed by atoms with E-state index in [0.717, 1.165) is 29.9 Å². The molecule has 0 spiro atoms. The standard InChI is InChI=1S/C13H20N6OS/c1-13(2,3)11-15-12(21-17-11)19-5-6-20-9(7-19)10-16-14-8-18(10)4/h8-9H,5-7H2,1-4H3/t9-/m0/s1. The normalized spacial score (nSPS) is 20.0. The van der Waals surface area contributed by atoms with Gasteiger partial charge in [-0.2, -0.15) is 4.37 Å². The maximum absolute atomic E-state index is 5.82. The van der Waals surface area contributed by atoms with Crippen molar-refractivity contribution in [1.29, 1.82) is 0 Å². The number of rotatable bonds is 2. The van der Waals surface area contributed by atoms with Gasteiger partial charge in [0.2, 0.25) is 5.13 Å². The van der Waals surface area contributed by atoms with Crippen molar-refractivity contribution in [2.24, 2.45) is 7.05 Å². The Labute approximate surface area is 128 Å². The molecule has 0 aromatic carbocycles. The summed E-state index contributed by atoms with van der Waals surface area (Å²) in [5, 5.41) is 9.01. The molecule has 0 bridgehead atoms. The average molecular weight is 308 g/mol. The molecule has 21 heavy (non-hydrogen) atoms. The Kier molecular flexibility index (Phi) is 3.66. The first-order valence-electron chi connectivity index (χ1n) is 7.00. The van der Waals surface area contributed by atoms with Crippen LogP contribution in [0.15, 0.2) is 6.33 Å². The predicted octanol–water partition coefficient (Wildman–Crippen LogP) is 1.54. The molecule has 1 saturated heterocycles. The van der Waals surface area contributed by atoms with E-state index in [9.17, 15) is 0 Å². The molecule has 0 unspecified atom stereocenters. The SMILES string of the molecule is Cn1cnnc1[C@@H]1CN(c2nc(C(C)(C)C)ns2)CCO1. The van der Waals surface area contributed by atoms with Gasteiger partial charge in [-0.3, -0.25) is 0 Å². The molecule has 2 aromatic heterocycles. The fraction of sp³-hybridized carbons (Fsp3) is 0.692. The van der Waals surface area contributed by atoms with Gasteiger partial charge >= 0.3 is 0 Å². The topological polar surface area (TPSA) is 69.0 Å². The van der Waals surface area contributed by atoms with Crippen LogP contribution in [0.25, 0.3) is 0 Å². The van der Waals surface area contributed by atoms with Gasteiger partial charge in [0.25, 0.3) is 0 Å². The van der Waals surface area contributed by atoms with Crippen molar-refractivity contribution in [3.05, 3.63) is 18.0 Å². The van der Waals surface area contributed by atoms with Crippen LogP contribution >= 0.6 is 11.5 Å². The molecule has 3 rings (SSSR count). The number of hydrogen-bond donors (Lipinski definition) is 0. The highest BCUT2D eigenvalue weighted by molar-refractivity contribution is 7.09. The van der Waals surface area contributed by atoms with E-state index < -0.39 is 0 Å². The molecule has 1 fully saturated rings. The molecule has 0 radical (unpaired) electrons. The van der Waals surface area contributed by atoms with Crippen molar-refractivity contribution in [2.75, 3.05) is 24.6 Å². The number of aryl methyl sites for hydroxylation is 1. The zero-order chi connectivity index (χ0) is 15.0. The molecule has 3 heterocycles. The number of aromatic nitrogens is 5. The van der Waals surface area contributed by atoms with Gasteiger partial charge in [0.1, 0.15) is 18.3 Å². The lowest BCUT2D eigenvalue weighted by molar-refractivity contribution is 0.0321. The highest BCUT2D eigenvalue weighted by Crippen LogP contribution is 2.29. The number of morpholine rings is 1. The summed E-state index contributed by atoms with van der Waals surface area (Å²) in [6.45, 7) is 8.59. The predicted molar refractivity (Wildman–Crippen MR) is 80.5 cm³/mol. The van der Waals surface area contributed by atoms with Crippen molar-refractivity contribution in [2.45, 2.75) is 32.3 Å².